The van der Waals surface area contributed by atoms with Crippen LogP contribution in [-0.2, 0) is 4.79 Å². The molecule has 0 heterocycles. The summed E-state index contributed by atoms with van der Waals surface area (Å²) in [6.07, 6.45) is 0. The Morgan fingerprint density at radius 1 is 1.80 bits per heavy atom. The van der Waals surface area contributed by atoms with E-state index in [1.807, 2.05) is 0 Å². The van der Waals surface area contributed by atoms with Gasteiger partial charge in [0.05, 0.1) is 12.6 Å². The topological polar surface area (TPSA) is 66.6 Å². The Kier molecular flexibility index (Phi) is 3.99. The summed E-state index contributed by atoms with van der Waals surface area (Å²) in [6.45, 7) is 1.95. The zero-order chi connectivity index (χ0) is 8.15. The molecule has 4 nitrogen and oxygen atoms in total. The van der Waals surface area contributed by atoms with Gasteiger partial charge in [-0.2, -0.15) is 0 Å². The summed E-state index contributed by atoms with van der Waals surface area (Å²) in [7, 11) is 1.61. The van der Waals surface area contributed by atoms with Gasteiger partial charge >= 0.3 is 0 Å². The van der Waals surface area contributed by atoms with Gasteiger partial charge in [0.25, 0.3) is 0 Å². The monoisotopic (exact) mass is 146 g/mol. The molecule has 60 valence electrons. The molecule has 0 bridgehead atoms. The summed E-state index contributed by atoms with van der Waals surface area (Å²) in [5.41, 5.74) is 5.29. The summed E-state index contributed by atoms with van der Waals surface area (Å²) < 4.78 is 0. The zero-order valence-electron chi connectivity index (χ0n) is 6.37. The molecule has 1 amide bonds. The molecule has 10 heavy (non-hydrogen) atoms. The highest BCUT2D eigenvalue weighted by Gasteiger charge is 2.11. The van der Waals surface area contributed by atoms with Gasteiger partial charge in [0, 0.05) is 13.6 Å². The van der Waals surface area contributed by atoms with E-state index in [2.05, 4.69) is 0 Å². The van der Waals surface area contributed by atoms with E-state index in [4.69, 9.17) is 10.8 Å². The second-order valence-electron chi connectivity index (χ2n) is 2.27. The van der Waals surface area contributed by atoms with Crippen molar-refractivity contribution in [1.82, 2.24) is 4.90 Å². The van der Waals surface area contributed by atoms with Gasteiger partial charge in [-0.15, -0.1) is 0 Å². The number of carbonyl (C=O) groups is 1. The van der Waals surface area contributed by atoms with E-state index in [0.717, 1.165) is 0 Å². The Morgan fingerprint density at radius 3 is 2.60 bits per heavy atom. The Bertz CT molecular complexity index is 114. The number of amides is 1. The second-order valence-corrected chi connectivity index (χ2v) is 2.27. The van der Waals surface area contributed by atoms with Crippen LogP contribution in [0.25, 0.3) is 0 Å². The second kappa shape index (κ2) is 4.24. The van der Waals surface area contributed by atoms with Crippen molar-refractivity contribution in [3.63, 3.8) is 0 Å². The van der Waals surface area contributed by atoms with Gasteiger partial charge in [0.1, 0.15) is 0 Å². The fraction of sp³-hybridized carbons (Fsp3) is 0.833. The summed E-state index contributed by atoms with van der Waals surface area (Å²) in [5.74, 6) is -0.144. The number of hydrogen-bond donors (Lipinski definition) is 2. The number of aliphatic hydroxyl groups is 1. The lowest BCUT2D eigenvalue weighted by molar-refractivity contribution is -0.131. The van der Waals surface area contributed by atoms with E-state index in [9.17, 15) is 4.79 Å². The van der Waals surface area contributed by atoms with Gasteiger partial charge in [-0.3, -0.25) is 4.79 Å². The number of rotatable bonds is 3. The van der Waals surface area contributed by atoms with Crippen molar-refractivity contribution >= 4 is 5.91 Å². The minimum Gasteiger partial charge on any atom is -0.395 e. The molecule has 0 aromatic rings. The van der Waals surface area contributed by atoms with Gasteiger partial charge < -0.3 is 15.7 Å². The van der Waals surface area contributed by atoms with E-state index in [1.54, 1.807) is 14.0 Å². The Labute approximate surface area is 60.6 Å². The smallest absolute Gasteiger partial charge is 0.239 e. The first-order valence-electron chi connectivity index (χ1n) is 3.21. The first-order valence-corrected chi connectivity index (χ1v) is 3.21. The first kappa shape index (κ1) is 9.39. The summed E-state index contributed by atoms with van der Waals surface area (Å²) >= 11 is 0. The molecule has 0 spiro atoms. The van der Waals surface area contributed by atoms with E-state index < -0.39 is 6.04 Å². The van der Waals surface area contributed by atoms with Crippen LogP contribution in [0.2, 0.25) is 0 Å². The molecule has 3 N–H and O–H groups in total. The van der Waals surface area contributed by atoms with E-state index >= 15 is 0 Å². The van der Waals surface area contributed by atoms with Crippen LogP contribution in [0.5, 0.6) is 0 Å². The normalized spacial score (nSPS) is 12.8. The number of likely N-dealkylation sites (N-methyl/N-ethyl adjacent to an activating group) is 1. The highest BCUT2D eigenvalue weighted by atomic mass is 16.3. The van der Waals surface area contributed by atoms with Crippen molar-refractivity contribution in [2.24, 2.45) is 5.73 Å². The number of hydrogen-bond acceptors (Lipinski definition) is 3. The molecule has 0 fully saturated rings. The maximum absolute atomic E-state index is 10.9. The molecule has 0 radical (unpaired) electrons. The molecule has 0 unspecified atom stereocenters. The van der Waals surface area contributed by atoms with Crippen LogP contribution in [0.15, 0.2) is 0 Å². The van der Waals surface area contributed by atoms with Gasteiger partial charge in [0.2, 0.25) is 5.91 Å². The highest BCUT2D eigenvalue weighted by molar-refractivity contribution is 5.80. The van der Waals surface area contributed by atoms with Crippen LogP contribution in [0, 0.1) is 0 Å². The van der Waals surface area contributed by atoms with Crippen molar-refractivity contribution in [1.29, 1.82) is 0 Å². The third-order valence-electron chi connectivity index (χ3n) is 1.20. The highest BCUT2D eigenvalue weighted by Crippen LogP contribution is 1.86. The number of nitrogens with zero attached hydrogens (tertiary/aromatic N) is 1. The summed E-state index contributed by atoms with van der Waals surface area (Å²) in [4.78, 5) is 12.3. The number of carbonyl (C=O) groups excluding carboxylic acids is 1. The lowest BCUT2D eigenvalue weighted by atomic mass is 10.3. The molecule has 4 heteroatoms. The molecule has 0 aromatic heterocycles. The standard InChI is InChI=1S/C6H14N2O2/c1-5(7)6(10)8(2)3-4-9/h5,9H,3-4,7H2,1-2H3/t5-/m0/s1. The SMILES string of the molecule is C[C@H](N)C(=O)N(C)CCO. The van der Waals surface area contributed by atoms with Crippen LogP contribution < -0.4 is 5.73 Å². The number of aliphatic hydroxyl groups excluding tert-OH is 1. The Hall–Kier alpha value is -0.610. The van der Waals surface area contributed by atoms with Gasteiger partial charge in [0.15, 0.2) is 0 Å². The maximum Gasteiger partial charge on any atom is 0.239 e. The van der Waals surface area contributed by atoms with Crippen molar-refractivity contribution in [3.8, 4) is 0 Å². The first-order chi connectivity index (χ1) is 4.59. The minimum absolute atomic E-state index is 0.0189. The van der Waals surface area contributed by atoms with Crippen LogP contribution in [0.4, 0.5) is 0 Å². The van der Waals surface area contributed by atoms with Crippen LogP contribution >= 0.6 is 0 Å². The van der Waals surface area contributed by atoms with Crippen LogP contribution in [0.3, 0.4) is 0 Å². The Balaban J connectivity index is 3.71. The van der Waals surface area contributed by atoms with E-state index in [-0.39, 0.29) is 12.5 Å². The fourth-order valence-corrected chi connectivity index (χ4v) is 0.608. The molecule has 1 atom stereocenters. The van der Waals surface area contributed by atoms with Gasteiger partial charge in [-0.05, 0) is 6.92 Å². The van der Waals surface area contributed by atoms with Crippen LogP contribution in [0.1, 0.15) is 6.92 Å². The zero-order valence-corrected chi connectivity index (χ0v) is 6.37. The van der Waals surface area contributed by atoms with Crippen molar-refractivity contribution in [3.05, 3.63) is 0 Å². The molecule has 0 rings (SSSR count). The van der Waals surface area contributed by atoms with Crippen molar-refractivity contribution in [2.75, 3.05) is 20.2 Å². The third kappa shape index (κ3) is 2.80. The van der Waals surface area contributed by atoms with Crippen molar-refractivity contribution < 1.29 is 9.90 Å². The summed E-state index contributed by atoms with van der Waals surface area (Å²) in [5, 5.41) is 8.43. The third-order valence-corrected chi connectivity index (χ3v) is 1.20. The molecule has 0 aliphatic carbocycles. The summed E-state index contributed by atoms with van der Waals surface area (Å²) in [6, 6.07) is -0.475. The Morgan fingerprint density at radius 2 is 2.30 bits per heavy atom. The quantitative estimate of drug-likeness (QED) is 0.524. The average molecular weight is 146 g/mol. The largest absolute Gasteiger partial charge is 0.395 e. The molecule has 0 aliphatic heterocycles. The molecular formula is C6H14N2O2. The minimum atomic E-state index is -0.475. The molecule has 0 saturated heterocycles. The number of nitrogens with two attached hydrogens (primary N) is 1. The average Bonchev–Trinajstić information content (AvgIpc) is 1.87. The van der Waals surface area contributed by atoms with E-state index in [1.165, 1.54) is 4.90 Å². The van der Waals surface area contributed by atoms with E-state index in [0.29, 0.717) is 6.54 Å². The van der Waals surface area contributed by atoms with Crippen molar-refractivity contribution in [2.45, 2.75) is 13.0 Å². The predicted molar refractivity (Wildman–Crippen MR) is 38.4 cm³/mol. The fourth-order valence-electron chi connectivity index (χ4n) is 0.608. The van der Waals surface area contributed by atoms with Gasteiger partial charge in [-0.1, -0.05) is 0 Å². The molecule has 0 aliphatic rings. The lowest BCUT2D eigenvalue weighted by Gasteiger charge is -2.17. The van der Waals surface area contributed by atoms with Gasteiger partial charge in [-0.25, -0.2) is 0 Å². The predicted octanol–water partition coefficient (Wildman–Crippen LogP) is -1.22. The lowest BCUT2D eigenvalue weighted by Crippen LogP contribution is -2.40. The molecular weight excluding hydrogens is 132 g/mol. The molecule has 0 saturated carbocycles. The van der Waals surface area contributed by atoms with Crippen LogP contribution in [-0.4, -0.2) is 42.2 Å². The maximum atomic E-state index is 10.9. The molecule has 0 aromatic carbocycles.